The molecule has 2 rings (SSSR count). The largest absolute Gasteiger partial charge is 0.473 e. The minimum Gasteiger partial charge on any atom is -0.473 e. The standard InChI is InChI=1S/C12H8Cl3N3O4/c1-5-9(17(21)22)11(12(19)20)18(2,16-5)10-7(14)3-6(13)4-8(10)15/h3-4H,1-2H3/p+1. The smallest absolute Gasteiger partial charge is 0.401 e. The van der Waals surface area contributed by atoms with Crippen LogP contribution in [-0.4, -0.2) is 28.8 Å². The third kappa shape index (κ3) is 2.46. The minimum absolute atomic E-state index is 0.0352. The Morgan fingerprint density at radius 2 is 1.82 bits per heavy atom. The molecule has 1 aromatic carbocycles. The number of halogens is 3. The molecule has 1 aromatic rings. The van der Waals surface area contributed by atoms with Crippen molar-refractivity contribution in [2.45, 2.75) is 6.92 Å². The quantitative estimate of drug-likeness (QED) is 0.503. The van der Waals surface area contributed by atoms with Crippen LogP contribution in [0.15, 0.2) is 28.6 Å². The first kappa shape index (κ1) is 16.7. The number of rotatable bonds is 3. The number of hydrogen-bond donors (Lipinski definition) is 1. The van der Waals surface area contributed by atoms with E-state index in [1.165, 1.54) is 26.1 Å². The zero-order valence-electron chi connectivity index (χ0n) is 11.3. The van der Waals surface area contributed by atoms with Crippen molar-refractivity contribution in [3.05, 3.63) is 48.7 Å². The van der Waals surface area contributed by atoms with Crippen LogP contribution >= 0.6 is 34.8 Å². The Balaban J connectivity index is 2.85. The van der Waals surface area contributed by atoms with Gasteiger partial charge in [0.1, 0.15) is 17.1 Å². The topological polar surface area (TPSA) is 92.8 Å². The van der Waals surface area contributed by atoms with Crippen LogP contribution < -0.4 is 4.59 Å². The first-order valence-corrected chi connectivity index (χ1v) is 6.94. The van der Waals surface area contributed by atoms with Crippen molar-refractivity contribution in [2.75, 3.05) is 7.05 Å². The SMILES string of the molecule is CC1=N[N+](C)(c2c(Cl)cc(Cl)cc2Cl)C(C(=O)O)=C1[N+](=O)[O-]. The molecule has 0 spiro atoms. The summed E-state index contributed by atoms with van der Waals surface area (Å²) in [7, 11) is 1.35. The van der Waals surface area contributed by atoms with Gasteiger partial charge in [-0.2, -0.15) is 0 Å². The zero-order valence-corrected chi connectivity index (χ0v) is 13.6. The summed E-state index contributed by atoms with van der Waals surface area (Å²) < 4.78 is -0.772. The Morgan fingerprint density at radius 3 is 2.23 bits per heavy atom. The number of nitro groups is 1. The molecule has 10 heteroatoms. The second-order valence-electron chi connectivity index (χ2n) is 4.62. The van der Waals surface area contributed by atoms with Crippen molar-refractivity contribution in [3.8, 4) is 0 Å². The minimum atomic E-state index is -1.49. The van der Waals surface area contributed by atoms with Crippen LogP contribution in [0.5, 0.6) is 0 Å². The van der Waals surface area contributed by atoms with Crippen molar-refractivity contribution in [2.24, 2.45) is 5.10 Å². The van der Waals surface area contributed by atoms with E-state index in [0.717, 1.165) is 0 Å². The number of likely N-dealkylation sites (N-methyl/N-ethyl adjacent to an activating group) is 1. The molecule has 116 valence electrons. The van der Waals surface area contributed by atoms with Crippen LogP contribution in [0, 0.1) is 10.1 Å². The molecule has 1 unspecified atom stereocenters. The molecule has 0 aliphatic carbocycles. The maximum atomic E-state index is 11.6. The van der Waals surface area contributed by atoms with Gasteiger partial charge in [-0.25, -0.2) is 4.79 Å². The Labute approximate surface area is 139 Å². The Morgan fingerprint density at radius 1 is 1.32 bits per heavy atom. The summed E-state index contributed by atoms with van der Waals surface area (Å²) in [5.41, 5.74) is -1.07. The first-order valence-electron chi connectivity index (χ1n) is 5.81. The molecule has 1 aliphatic heterocycles. The highest BCUT2D eigenvalue weighted by Gasteiger charge is 2.53. The lowest BCUT2D eigenvalue weighted by atomic mass is 10.2. The third-order valence-corrected chi connectivity index (χ3v) is 3.95. The molecule has 0 radical (unpaired) electrons. The van der Waals surface area contributed by atoms with Crippen molar-refractivity contribution in [3.63, 3.8) is 0 Å². The second kappa shape index (κ2) is 5.51. The van der Waals surface area contributed by atoms with E-state index in [-0.39, 0.29) is 26.5 Å². The Bertz CT molecular complexity index is 752. The highest BCUT2D eigenvalue weighted by molar-refractivity contribution is 6.41. The molecule has 1 aliphatic rings. The molecule has 1 heterocycles. The molecule has 0 fully saturated rings. The average Bonchev–Trinajstić information content (AvgIpc) is 2.59. The van der Waals surface area contributed by atoms with E-state index in [0.29, 0.717) is 0 Å². The average molecular weight is 366 g/mol. The number of benzene rings is 1. The third-order valence-electron chi connectivity index (χ3n) is 3.15. The lowest BCUT2D eigenvalue weighted by molar-refractivity contribution is -0.416. The van der Waals surface area contributed by atoms with Crippen molar-refractivity contribution < 1.29 is 14.8 Å². The fourth-order valence-corrected chi connectivity index (χ4v) is 3.54. The molecule has 0 bridgehead atoms. The summed E-state index contributed by atoms with van der Waals surface area (Å²) in [5, 5.41) is 25.1. The van der Waals surface area contributed by atoms with E-state index >= 15 is 0 Å². The number of carboxylic acids is 1. The van der Waals surface area contributed by atoms with Crippen LogP contribution in [0.4, 0.5) is 5.69 Å². The zero-order chi connectivity index (χ0) is 16.8. The predicted octanol–water partition coefficient (Wildman–Crippen LogP) is 3.55. The van der Waals surface area contributed by atoms with Gasteiger partial charge in [-0.1, -0.05) is 39.9 Å². The van der Waals surface area contributed by atoms with Crippen molar-refractivity contribution in [1.82, 2.24) is 4.59 Å². The monoisotopic (exact) mass is 364 g/mol. The lowest BCUT2D eigenvalue weighted by Crippen LogP contribution is -2.40. The van der Waals surface area contributed by atoms with Crippen molar-refractivity contribution in [1.29, 1.82) is 0 Å². The normalized spacial score (nSPS) is 21.0. The fourth-order valence-electron chi connectivity index (χ4n) is 2.39. The van der Waals surface area contributed by atoms with Gasteiger partial charge in [0.2, 0.25) is 5.69 Å². The van der Waals surface area contributed by atoms with Gasteiger partial charge in [0.05, 0.1) is 4.92 Å². The number of aliphatic carboxylic acids is 1. The maximum absolute atomic E-state index is 11.6. The summed E-state index contributed by atoms with van der Waals surface area (Å²) >= 11 is 18.1. The van der Waals surface area contributed by atoms with Crippen LogP contribution in [0.3, 0.4) is 0 Å². The summed E-state index contributed by atoms with van der Waals surface area (Å²) in [4.78, 5) is 22.0. The van der Waals surface area contributed by atoms with Crippen LogP contribution in [0.25, 0.3) is 0 Å². The summed E-state index contributed by atoms with van der Waals surface area (Å²) in [6.45, 7) is 1.35. The number of nitrogens with zero attached hydrogens (tertiary/aromatic N) is 3. The molecule has 0 amide bonds. The molecule has 0 aromatic heterocycles. The van der Waals surface area contributed by atoms with Gasteiger partial charge in [0.15, 0.2) is 5.71 Å². The number of carbonyl (C=O) groups is 1. The van der Waals surface area contributed by atoms with Crippen molar-refractivity contribution >= 4 is 52.2 Å². The van der Waals surface area contributed by atoms with Gasteiger partial charge >= 0.3 is 17.4 Å². The molecule has 7 nitrogen and oxygen atoms in total. The van der Waals surface area contributed by atoms with E-state index in [2.05, 4.69) is 5.10 Å². The second-order valence-corrected chi connectivity index (χ2v) is 5.87. The van der Waals surface area contributed by atoms with Gasteiger partial charge in [-0.3, -0.25) is 10.1 Å². The molecule has 0 saturated heterocycles. The summed E-state index contributed by atoms with van der Waals surface area (Å²) in [5.74, 6) is -1.49. The molecule has 1 N–H and O–H groups in total. The predicted molar refractivity (Wildman–Crippen MR) is 84.0 cm³/mol. The van der Waals surface area contributed by atoms with E-state index in [4.69, 9.17) is 34.8 Å². The lowest BCUT2D eigenvalue weighted by Gasteiger charge is -2.24. The summed E-state index contributed by atoms with van der Waals surface area (Å²) in [6, 6.07) is 2.73. The molecule has 1 atom stereocenters. The van der Waals surface area contributed by atoms with Crippen LogP contribution in [-0.2, 0) is 4.79 Å². The maximum Gasteiger partial charge on any atom is 0.401 e. The van der Waals surface area contributed by atoms with Gasteiger partial charge in [0.25, 0.3) is 0 Å². The van der Waals surface area contributed by atoms with E-state index < -0.39 is 26.9 Å². The highest BCUT2D eigenvalue weighted by atomic mass is 35.5. The van der Waals surface area contributed by atoms with E-state index in [1.807, 2.05) is 0 Å². The molecule has 22 heavy (non-hydrogen) atoms. The van der Waals surface area contributed by atoms with Crippen LogP contribution in [0.1, 0.15) is 6.92 Å². The Hall–Kier alpha value is -1.67. The Kier molecular flexibility index (Phi) is 4.18. The fraction of sp³-hybridized carbons (Fsp3) is 0.167. The molecular weight excluding hydrogens is 357 g/mol. The van der Waals surface area contributed by atoms with Gasteiger partial charge in [-0.05, 0) is 19.1 Å². The number of carboxylic acid groups (broad SMARTS) is 1. The van der Waals surface area contributed by atoms with Crippen LogP contribution in [0.2, 0.25) is 15.1 Å². The molecular formula is C12H9Cl3N3O4+. The summed E-state index contributed by atoms with van der Waals surface area (Å²) in [6.07, 6.45) is 0. The van der Waals surface area contributed by atoms with E-state index in [1.54, 1.807) is 0 Å². The number of quaternary nitrogens is 1. The van der Waals surface area contributed by atoms with Gasteiger partial charge in [-0.15, -0.1) is 4.59 Å². The number of allylic oxidation sites excluding steroid dienone is 1. The van der Waals surface area contributed by atoms with Gasteiger partial charge in [0, 0.05) is 5.02 Å². The molecule has 0 saturated carbocycles. The first-order chi connectivity index (χ1) is 10.1. The van der Waals surface area contributed by atoms with Gasteiger partial charge < -0.3 is 5.11 Å². The van der Waals surface area contributed by atoms with E-state index in [9.17, 15) is 20.0 Å². The number of hydrogen-bond acceptors (Lipinski definition) is 4. The highest BCUT2D eigenvalue weighted by Crippen LogP contribution is 2.45.